The van der Waals surface area contributed by atoms with Crippen LogP contribution >= 0.6 is 11.6 Å². The summed E-state index contributed by atoms with van der Waals surface area (Å²) in [5, 5.41) is 3.38. The second-order valence-corrected chi connectivity index (χ2v) is 12.1. The van der Waals surface area contributed by atoms with Crippen LogP contribution in [0.4, 0.5) is 5.69 Å². The molecule has 0 aliphatic heterocycles. The maximum Gasteiger partial charge on any atom is 0.264 e. The van der Waals surface area contributed by atoms with Gasteiger partial charge in [0, 0.05) is 18.1 Å². The van der Waals surface area contributed by atoms with Crippen molar-refractivity contribution in [3.8, 4) is 0 Å². The van der Waals surface area contributed by atoms with Crippen LogP contribution < -0.4 is 9.62 Å². The molecule has 0 saturated heterocycles. The van der Waals surface area contributed by atoms with Gasteiger partial charge in [-0.15, -0.1) is 0 Å². The van der Waals surface area contributed by atoms with Crippen molar-refractivity contribution < 1.29 is 18.0 Å². The SMILES string of the molecule is CC[C@@H](C(=O)NCC(C)C)N(Cc1ccccc1Cl)C(=O)CN(c1ccccc1C)S(=O)(=O)c1ccccc1. The highest BCUT2D eigenvalue weighted by molar-refractivity contribution is 7.92. The van der Waals surface area contributed by atoms with Gasteiger partial charge in [-0.1, -0.05) is 87.0 Å². The number of hydrogen-bond donors (Lipinski definition) is 1. The fourth-order valence-corrected chi connectivity index (χ4v) is 5.92. The van der Waals surface area contributed by atoms with Gasteiger partial charge < -0.3 is 10.2 Å². The molecule has 0 aromatic heterocycles. The van der Waals surface area contributed by atoms with E-state index in [0.717, 1.165) is 4.31 Å². The number of amides is 2. The van der Waals surface area contributed by atoms with E-state index in [1.54, 1.807) is 61.5 Å². The zero-order valence-electron chi connectivity index (χ0n) is 22.8. The topological polar surface area (TPSA) is 86.8 Å². The van der Waals surface area contributed by atoms with E-state index in [4.69, 9.17) is 11.6 Å². The van der Waals surface area contributed by atoms with Gasteiger partial charge in [0.25, 0.3) is 10.0 Å². The Kier molecular flexibility index (Phi) is 10.5. The highest BCUT2D eigenvalue weighted by atomic mass is 35.5. The van der Waals surface area contributed by atoms with Crippen molar-refractivity contribution >= 4 is 39.1 Å². The van der Waals surface area contributed by atoms with Gasteiger partial charge in [-0.05, 0) is 54.7 Å². The molecule has 0 unspecified atom stereocenters. The van der Waals surface area contributed by atoms with Gasteiger partial charge in [-0.2, -0.15) is 0 Å². The molecule has 0 saturated carbocycles. The first-order valence-electron chi connectivity index (χ1n) is 13.0. The summed E-state index contributed by atoms with van der Waals surface area (Å²) in [5.41, 5.74) is 1.75. The lowest BCUT2D eigenvalue weighted by atomic mass is 10.1. The zero-order chi connectivity index (χ0) is 28.6. The molecule has 3 aromatic rings. The molecule has 3 rings (SSSR count). The molecule has 39 heavy (non-hydrogen) atoms. The minimum atomic E-state index is -4.10. The maximum atomic E-state index is 14.1. The van der Waals surface area contributed by atoms with Crippen molar-refractivity contribution in [2.24, 2.45) is 5.92 Å². The molecule has 0 radical (unpaired) electrons. The molecule has 9 heteroatoms. The predicted octanol–water partition coefficient (Wildman–Crippen LogP) is 5.42. The van der Waals surface area contributed by atoms with E-state index in [-0.39, 0.29) is 23.3 Å². The molecule has 7 nitrogen and oxygen atoms in total. The average Bonchev–Trinajstić information content (AvgIpc) is 2.92. The minimum absolute atomic E-state index is 0.0547. The van der Waals surface area contributed by atoms with Gasteiger partial charge in [0.1, 0.15) is 12.6 Å². The fourth-order valence-electron chi connectivity index (χ4n) is 4.23. The van der Waals surface area contributed by atoms with Crippen molar-refractivity contribution in [1.82, 2.24) is 10.2 Å². The number of carbonyl (C=O) groups excluding carboxylic acids is 2. The van der Waals surface area contributed by atoms with Crippen LogP contribution in [0.2, 0.25) is 5.02 Å². The third kappa shape index (κ3) is 7.61. The summed E-state index contributed by atoms with van der Waals surface area (Å²) in [6.07, 6.45) is 0.343. The average molecular weight is 570 g/mol. The summed E-state index contributed by atoms with van der Waals surface area (Å²) in [7, 11) is -4.10. The number of para-hydroxylation sites is 1. The smallest absolute Gasteiger partial charge is 0.264 e. The number of nitrogens with one attached hydrogen (secondary N) is 1. The van der Waals surface area contributed by atoms with Crippen molar-refractivity contribution in [2.75, 3.05) is 17.4 Å². The van der Waals surface area contributed by atoms with E-state index in [9.17, 15) is 18.0 Å². The highest BCUT2D eigenvalue weighted by Crippen LogP contribution is 2.28. The van der Waals surface area contributed by atoms with Crippen molar-refractivity contribution in [2.45, 2.75) is 51.6 Å². The molecule has 1 N–H and O–H groups in total. The number of rotatable bonds is 12. The second-order valence-electron chi connectivity index (χ2n) is 9.79. The van der Waals surface area contributed by atoms with Crippen LogP contribution in [-0.4, -0.2) is 44.3 Å². The van der Waals surface area contributed by atoms with Crippen LogP contribution in [0, 0.1) is 12.8 Å². The van der Waals surface area contributed by atoms with Crippen LogP contribution in [-0.2, 0) is 26.2 Å². The Morgan fingerprint density at radius 3 is 2.15 bits per heavy atom. The van der Waals surface area contributed by atoms with Gasteiger partial charge in [-0.25, -0.2) is 8.42 Å². The minimum Gasteiger partial charge on any atom is -0.354 e. The third-order valence-electron chi connectivity index (χ3n) is 6.36. The fraction of sp³-hybridized carbons (Fsp3) is 0.333. The van der Waals surface area contributed by atoms with Crippen LogP contribution in [0.3, 0.4) is 0 Å². The van der Waals surface area contributed by atoms with E-state index in [0.29, 0.717) is 34.8 Å². The molecule has 0 aliphatic carbocycles. The first-order chi connectivity index (χ1) is 18.6. The van der Waals surface area contributed by atoms with Crippen LogP contribution in [0.1, 0.15) is 38.3 Å². The number of sulfonamides is 1. The summed E-state index contributed by atoms with van der Waals surface area (Å²) in [5.74, 6) is -0.573. The number of aryl methyl sites for hydroxylation is 1. The Bertz CT molecular complexity index is 1380. The van der Waals surface area contributed by atoms with Gasteiger partial charge in [-0.3, -0.25) is 13.9 Å². The van der Waals surface area contributed by atoms with Crippen LogP contribution in [0.25, 0.3) is 0 Å². The molecule has 3 aromatic carbocycles. The Morgan fingerprint density at radius 2 is 1.54 bits per heavy atom. The molecule has 0 bridgehead atoms. The molecule has 1 atom stereocenters. The maximum absolute atomic E-state index is 14.1. The number of hydrogen-bond acceptors (Lipinski definition) is 4. The molecule has 0 spiro atoms. The normalized spacial score (nSPS) is 12.2. The van der Waals surface area contributed by atoms with E-state index < -0.39 is 28.5 Å². The van der Waals surface area contributed by atoms with Crippen LogP contribution in [0.5, 0.6) is 0 Å². The lowest BCUT2D eigenvalue weighted by Gasteiger charge is -2.33. The van der Waals surface area contributed by atoms with Gasteiger partial charge in [0.2, 0.25) is 11.8 Å². The Balaban J connectivity index is 2.06. The van der Waals surface area contributed by atoms with Gasteiger partial charge in [0.05, 0.1) is 10.6 Å². The molecule has 0 heterocycles. The first-order valence-corrected chi connectivity index (χ1v) is 14.8. The quantitative estimate of drug-likeness (QED) is 0.315. The van der Waals surface area contributed by atoms with Crippen molar-refractivity contribution in [1.29, 1.82) is 0 Å². The van der Waals surface area contributed by atoms with E-state index in [1.807, 2.05) is 32.9 Å². The second kappa shape index (κ2) is 13.6. The largest absolute Gasteiger partial charge is 0.354 e. The monoisotopic (exact) mass is 569 g/mol. The number of anilines is 1. The standard InChI is InChI=1S/C30H36ClN3O4S/c1-5-27(30(36)32-19-22(2)3)33(20-24-14-10-11-17-26(24)31)29(35)21-34(28-18-12-9-13-23(28)4)39(37,38)25-15-7-6-8-16-25/h6-18,22,27H,5,19-21H2,1-4H3,(H,32,36)/t27-/m0/s1. The zero-order valence-corrected chi connectivity index (χ0v) is 24.4. The lowest BCUT2D eigenvalue weighted by Crippen LogP contribution is -2.52. The summed E-state index contributed by atoms with van der Waals surface area (Å²) in [6.45, 7) is 7.63. The molecule has 2 amide bonds. The highest BCUT2D eigenvalue weighted by Gasteiger charge is 2.34. The van der Waals surface area contributed by atoms with Crippen LogP contribution in [0.15, 0.2) is 83.8 Å². The molecule has 0 fully saturated rings. The molecular weight excluding hydrogens is 534 g/mol. The summed E-state index contributed by atoms with van der Waals surface area (Å²) in [4.78, 5) is 28.8. The summed E-state index contributed by atoms with van der Waals surface area (Å²) < 4.78 is 28.8. The van der Waals surface area contributed by atoms with E-state index in [2.05, 4.69) is 5.32 Å². The molecule has 0 aliphatic rings. The van der Waals surface area contributed by atoms with Gasteiger partial charge in [0.15, 0.2) is 0 Å². The van der Waals surface area contributed by atoms with E-state index >= 15 is 0 Å². The molecule has 208 valence electrons. The first kappa shape index (κ1) is 30.2. The van der Waals surface area contributed by atoms with Gasteiger partial charge >= 0.3 is 0 Å². The third-order valence-corrected chi connectivity index (χ3v) is 8.51. The number of benzene rings is 3. The van der Waals surface area contributed by atoms with E-state index in [1.165, 1.54) is 17.0 Å². The summed E-state index contributed by atoms with van der Waals surface area (Å²) >= 11 is 6.43. The van der Waals surface area contributed by atoms with Crippen molar-refractivity contribution in [3.63, 3.8) is 0 Å². The Hall–Kier alpha value is -3.36. The molecular formula is C30H36ClN3O4S. The van der Waals surface area contributed by atoms with Crippen molar-refractivity contribution in [3.05, 3.63) is 95.0 Å². The predicted molar refractivity (Wildman–Crippen MR) is 156 cm³/mol. The summed E-state index contributed by atoms with van der Waals surface area (Å²) in [6, 6.07) is 21.3. The Morgan fingerprint density at radius 1 is 0.923 bits per heavy atom. The Labute approximate surface area is 236 Å². The number of carbonyl (C=O) groups is 2. The number of nitrogens with zero attached hydrogens (tertiary/aromatic N) is 2. The number of halogens is 1. The lowest BCUT2D eigenvalue weighted by molar-refractivity contribution is -0.140.